The molecule has 0 aliphatic heterocycles. The Labute approximate surface area is 100 Å². The minimum atomic E-state index is 0.551. The number of hydrogen-bond donors (Lipinski definition) is 0. The van der Waals surface area contributed by atoms with Crippen molar-refractivity contribution in [2.75, 3.05) is 0 Å². The zero-order valence-corrected chi connectivity index (χ0v) is 9.85. The maximum atomic E-state index is 10.7. The lowest BCUT2D eigenvalue weighted by Crippen LogP contribution is -1.93. The van der Waals surface area contributed by atoms with Crippen LogP contribution in [0.1, 0.15) is 34.2 Å². The van der Waals surface area contributed by atoms with Gasteiger partial charge in [0.05, 0.1) is 11.8 Å². The number of nitrogens with zero attached hydrogens (tertiary/aromatic N) is 1. The van der Waals surface area contributed by atoms with Crippen molar-refractivity contribution in [3.63, 3.8) is 0 Å². The molecule has 0 amide bonds. The van der Waals surface area contributed by atoms with Crippen LogP contribution in [0.3, 0.4) is 0 Å². The van der Waals surface area contributed by atoms with Gasteiger partial charge in [-0.2, -0.15) is 0 Å². The first-order valence-corrected chi connectivity index (χ1v) is 5.80. The van der Waals surface area contributed by atoms with Crippen LogP contribution in [0.2, 0.25) is 0 Å². The molecule has 0 spiro atoms. The maximum absolute atomic E-state index is 10.7. The monoisotopic (exact) mass is 229 g/mol. The molecule has 0 atom stereocenters. The Morgan fingerprint density at radius 1 is 1.18 bits per heavy atom. The molecular formula is C14H15NO2. The largest absolute Gasteiger partial charge is 0.361 e. The van der Waals surface area contributed by atoms with Crippen LogP contribution in [0.5, 0.6) is 0 Å². The second-order valence-corrected chi connectivity index (χ2v) is 3.99. The smallest absolute Gasteiger partial charge is 0.155 e. The SMILES string of the molecule is CCc1ccc(CCc2oncc2C=O)cc1. The van der Waals surface area contributed by atoms with Gasteiger partial charge in [-0.3, -0.25) is 4.79 Å². The molecule has 3 heteroatoms. The van der Waals surface area contributed by atoms with E-state index in [9.17, 15) is 4.79 Å². The lowest BCUT2D eigenvalue weighted by molar-refractivity contribution is 0.112. The maximum Gasteiger partial charge on any atom is 0.155 e. The Hall–Kier alpha value is -1.90. The predicted molar refractivity (Wildman–Crippen MR) is 65.1 cm³/mol. The average Bonchev–Trinajstić information content (AvgIpc) is 2.84. The van der Waals surface area contributed by atoms with Gasteiger partial charge in [-0.1, -0.05) is 36.3 Å². The summed E-state index contributed by atoms with van der Waals surface area (Å²) >= 11 is 0. The van der Waals surface area contributed by atoms with Crippen LogP contribution in [-0.2, 0) is 19.3 Å². The average molecular weight is 229 g/mol. The van der Waals surface area contributed by atoms with Gasteiger partial charge < -0.3 is 4.52 Å². The first-order chi connectivity index (χ1) is 8.33. The summed E-state index contributed by atoms with van der Waals surface area (Å²) in [5, 5.41) is 3.63. The van der Waals surface area contributed by atoms with Crippen molar-refractivity contribution in [3.8, 4) is 0 Å². The lowest BCUT2D eigenvalue weighted by atomic mass is 10.0. The zero-order valence-electron chi connectivity index (χ0n) is 9.85. The van der Waals surface area contributed by atoms with Crippen molar-refractivity contribution in [3.05, 3.63) is 52.9 Å². The van der Waals surface area contributed by atoms with E-state index in [-0.39, 0.29) is 0 Å². The zero-order chi connectivity index (χ0) is 12.1. The summed E-state index contributed by atoms with van der Waals surface area (Å²) in [6.45, 7) is 2.14. The summed E-state index contributed by atoms with van der Waals surface area (Å²) in [6, 6.07) is 8.51. The Bertz CT molecular complexity index is 485. The summed E-state index contributed by atoms with van der Waals surface area (Å²) in [5.41, 5.74) is 3.13. The van der Waals surface area contributed by atoms with E-state index in [0.717, 1.165) is 19.1 Å². The fraction of sp³-hybridized carbons (Fsp3) is 0.286. The minimum Gasteiger partial charge on any atom is -0.361 e. The van der Waals surface area contributed by atoms with E-state index < -0.39 is 0 Å². The molecule has 88 valence electrons. The molecule has 0 fully saturated rings. The van der Waals surface area contributed by atoms with Crippen molar-refractivity contribution < 1.29 is 9.32 Å². The van der Waals surface area contributed by atoms with Crippen LogP contribution in [-0.4, -0.2) is 11.4 Å². The third-order valence-corrected chi connectivity index (χ3v) is 2.88. The highest BCUT2D eigenvalue weighted by molar-refractivity contribution is 5.75. The fourth-order valence-electron chi connectivity index (χ4n) is 1.76. The first-order valence-electron chi connectivity index (χ1n) is 5.80. The van der Waals surface area contributed by atoms with Crippen molar-refractivity contribution in [2.45, 2.75) is 26.2 Å². The van der Waals surface area contributed by atoms with Crippen LogP contribution in [0.15, 0.2) is 35.0 Å². The topological polar surface area (TPSA) is 43.1 Å². The highest BCUT2D eigenvalue weighted by Gasteiger charge is 2.06. The molecular weight excluding hydrogens is 214 g/mol. The summed E-state index contributed by atoms with van der Waals surface area (Å²) < 4.78 is 5.04. The van der Waals surface area contributed by atoms with E-state index in [2.05, 4.69) is 36.3 Å². The molecule has 0 unspecified atom stereocenters. The second-order valence-electron chi connectivity index (χ2n) is 3.99. The molecule has 1 heterocycles. The van der Waals surface area contributed by atoms with E-state index in [1.807, 2.05) is 0 Å². The van der Waals surface area contributed by atoms with Gasteiger partial charge in [0.15, 0.2) is 6.29 Å². The van der Waals surface area contributed by atoms with Crippen LogP contribution in [0.4, 0.5) is 0 Å². The third kappa shape index (κ3) is 2.81. The van der Waals surface area contributed by atoms with E-state index in [1.165, 1.54) is 17.3 Å². The quantitative estimate of drug-likeness (QED) is 0.740. The molecule has 0 aliphatic rings. The van der Waals surface area contributed by atoms with Crippen LogP contribution >= 0.6 is 0 Å². The van der Waals surface area contributed by atoms with Crippen LogP contribution in [0.25, 0.3) is 0 Å². The van der Waals surface area contributed by atoms with Gasteiger partial charge in [0.25, 0.3) is 0 Å². The minimum absolute atomic E-state index is 0.551. The Kier molecular flexibility index (Phi) is 3.70. The molecule has 0 bridgehead atoms. The Balaban J connectivity index is 1.99. The van der Waals surface area contributed by atoms with E-state index in [0.29, 0.717) is 17.7 Å². The lowest BCUT2D eigenvalue weighted by Gasteiger charge is -2.01. The number of aldehydes is 1. The van der Waals surface area contributed by atoms with Crippen molar-refractivity contribution >= 4 is 6.29 Å². The molecule has 0 saturated carbocycles. The predicted octanol–water partition coefficient (Wildman–Crippen LogP) is 2.83. The number of carbonyl (C=O) groups excluding carboxylic acids is 1. The normalized spacial score (nSPS) is 10.4. The summed E-state index contributed by atoms with van der Waals surface area (Å²) in [6.07, 6.45) is 4.87. The molecule has 3 nitrogen and oxygen atoms in total. The summed E-state index contributed by atoms with van der Waals surface area (Å²) in [7, 11) is 0. The van der Waals surface area contributed by atoms with E-state index >= 15 is 0 Å². The summed E-state index contributed by atoms with van der Waals surface area (Å²) in [5.74, 6) is 0.666. The fourth-order valence-corrected chi connectivity index (χ4v) is 1.76. The Morgan fingerprint density at radius 2 is 1.88 bits per heavy atom. The van der Waals surface area contributed by atoms with Crippen molar-refractivity contribution in [2.24, 2.45) is 0 Å². The van der Waals surface area contributed by atoms with Crippen LogP contribution in [0, 0.1) is 0 Å². The number of aromatic nitrogens is 1. The number of hydrogen-bond acceptors (Lipinski definition) is 3. The van der Waals surface area contributed by atoms with Crippen molar-refractivity contribution in [1.82, 2.24) is 5.16 Å². The van der Waals surface area contributed by atoms with Gasteiger partial charge in [-0.25, -0.2) is 0 Å². The Morgan fingerprint density at radius 3 is 2.53 bits per heavy atom. The van der Waals surface area contributed by atoms with Gasteiger partial charge in [0.1, 0.15) is 5.76 Å². The second kappa shape index (κ2) is 5.43. The van der Waals surface area contributed by atoms with Gasteiger partial charge in [-0.15, -0.1) is 0 Å². The first kappa shape index (κ1) is 11.6. The summed E-state index contributed by atoms with van der Waals surface area (Å²) in [4.78, 5) is 10.7. The molecule has 0 saturated heterocycles. The number of aryl methyl sites for hydroxylation is 3. The van der Waals surface area contributed by atoms with Gasteiger partial charge >= 0.3 is 0 Å². The molecule has 1 aromatic carbocycles. The molecule has 17 heavy (non-hydrogen) atoms. The highest BCUT2D eigenvalue weighted by Crippen LogP contribution is 2.11. The number of rotatable bonds is 5. The number of benzene rings is 1. The molecule has 2 rings (SSSR count). The molecule has 0 aliphatic carbocycles. The standard InChI is InChI=1S/C14H15NO2/c1-2-11-3-5-12(6-4-11)7-8-14-13(10-16)9-15-17-14/h3-6,9-10H,2,7-8H2,1H3. The van der Waals surface area contributed by atoms with Gasteiger partial charge in [0, 0.05) is 6.42 Å². The third-order valence-electron chi connectivity index (χ3n) is 2.88. The molecule has 0 N–H and O–H groups in total. The van der Waals surface area contributed by atoms with Crippen LogP contribution < -0.4 is 0 Å². The van der Waals surface area contributed by atoms with Gasteiger partial charge in [0.2, 0.25) is 0 Å². The van der Waals surface area contributed by atoms with E-state index in [1.54, 1.807) is 0 Å². The molecule has 2 aromatic rings. The van der Waals surface area contributed by atoms with Gasteiger partial charge in [-0.05, 0) is 24.0 Å². The molecule has 1 aromatic heterocycles. The van der Waals surface area contributed by atoms with Crippen molar-refractivity contribution in [1.29, 1.82) is 0 Å². The molecule has 0 radical (unpaired) electrons. The number of carbonyl (C=O) groups is 1. The van der Waals surface area contributed by atoms with E-state index in [4.69, 9.17) is 4.52 Å². The highest BCUT2D eigenvalue weighted by atomic mass is 16.5.